The van der Waals surface area contributed by atoms with Gasteiger partial charge in [-0.2, -0.15) is 0 Å². The second-order valence-electron chi connectivity index (χ2n) is 5.57. The van der Waals surface area contributed by atoms with Crippen molar-refractivity contribution in [1.29, 1.82) is 0 Å². The van der Waals surface area contributed by atoms with E-state index in [1.54, 1.807) is 0 Å². The molecule has 0 aliphatic heterocycles. The molecule has 0 bridgehead atoms. The van der Waals surface area contributed by atoms with Gasteiger partial charge in [-0.3, -0.25) is 4.79 Å². The van der Waals surface area contributed by atoms with E-state index in [1.165, 1.54) is 24.8 Å². The molecule has 1 saturated carbocycles. The second-order valence-corrected chi connectivity index (χ2v) is 5.57. The van der Waals surface area contributed by atoms with Crippen LogP contribution in [0.15, 0.2) is 24.3 Å². The van der Waals surface area contributed by atoms with Gasteiger partial charge in [-0.25, -0.2) is 0 Å². The van der Waals surface area contributed by atoms with E-state index in [-0.39, 0.29) is 11.3 Å². The number of fused-ring (bicyclic) bond motifs is 1. The van der Waals surface area contributed by atoms with Crippen molar-refractivity contribution in [2.45, 2.75) is 44.4 Å². The SMILES string of the molecule is O=C(O)C1c2ccccc2CC12CCCCC2. The lowest BCUT2D eigenvalue weighted by Gasteiger charge is -2.37. The molecule has 17 heavy (non-hydrogen) atoms. The smallest absolute Gasteiger partial charge is 0.311 e. The Morgan fingerprint density at radius 1 is 1.18 bits per heavy atom. The average Bonchev–Trinajstić information content (AvgIpc) is 2.63. The molecule has 2 heteroatoms. The summed E-state index contributed by atoms with van der Waals surface area (Å²) in [4.78, 5) is 11.6. The number of hydrogen-bond donors (Lipinski definition) is 1. The predicted octanol–water partition coefficient (Wildman–Crippen LogP) is 3.36. The normalized spacial score (nSPS) is 25.8. The summed E-state index contributed by atoms with van der Waals surface area (Å²) in [6.45, 7) is 0. The van der Waals surface area contributed by atoms with Crippen molar-refractivity contribution in [3.05, 3.63) is 35.4 Å². The molecule has 3 rings (SSSR count). The monoisotopic (exact) mass is 230 g/mol. The molecule has 1 fully saturated rings. The van der Waals surface area contributed by atoms with Gasteiger partial charge in [-0.05, 0) is 35.8 Å². The zero-order chi connectivity index (χ0) is 11.9. The standard InChI is InChI=1S/C15H18O2/c16-14(17)13-12-7-3-2-6-11(12)10-15(13)8-4-1-5-9-15/h2-3,6-7,13H,1,4-5,8-10H2,(H,16,17). The molecule has 0 amide bonds. The molecule has 1 aromatic rings. The van der Waals surface area contributed by atoms with E-state index in [0.29, 0.717) is 0 Å². The maximum absolute atomic E-state index is 11.6. The summed E-state index contributed by atoms with van der Waals surface area (Å²) in [5.74, 6) is -0.893. The molecule has 1 aromatic carbocycles. The molecule has 0 aromatic heterocycles. The highest BCUT2D eigenvalue weighted by Crippen LogP contribution is 2.55. The van der Waals surface area contributed by atoms with Crippen molar-refractivity contribution in [3.63, 3.8) is 0 Å². The van der Waals surface area contributed by atoms with Gasteiger partial charge in [0.2, 0.25) is 0 Å². The van der Waals surface area contributed by atoms with Gasteiger partial charge in [0.05, 0.1) is 5.92 Å². The molecule has 2 nitrogen and oxygen atoms in total. The van der Waals surface area contributed by atoms with Crippen LogP contribution < -0.4 is 0 Å². The van der Waals surface area contributed by atoms with Crippen LogP contribution in [0.3, 0.4) is 0 Å². The maximum atomic E-state index is 11.6. The van der Waals surface area contributed by atoms with Crippen LogP contribution in [0, 0.1) is 5.41 Å². The Morgan fingerprint density at radius 2 is 1.88 bits per heavy atom. The molecular formula is C15H18O2. The zero-order valence-corrected chi connectivity index (χ0v) is 9.98. The molecule has 1 spiro atoms. The van der Waals surface area contributed by atoms with E-state index in [9.17, 15) is 9.90 Å². The van der Waals surface area contributed by atoms with Crippen molar-refractivity contribution in [2.24, 2.45) is 5.41 Å². The van der Waals surface area contributed by atoms with Gasteiger partial charge in [0.25, 0.3) is 0 Å². The highest BCUT2D eigenvalue weighted by Gasteiger charge is 2.49. The summed E-state index contributed by atoms with van der Waals surface area (Å²) in [6.07, 6.45) is 6.79. The quantitative estimate of drug-likeness (QED) is 0.803. The lowest BCUT2D eigenvalue weighted by atomic mass is 9.66. The van der Waals surface area contributed by atoms with E-state index in [4.69, 9.17) is 0 Å². The van der Waals surface area contributed by atoms with E-state index in [0.717, 1.165) is 24.8 Å². The predicted molar refractivity (Wildman–Crippen MR) is 66.0 cm³/mol. The van der Waals surface area contributed by atoms with Gasteiger partial charge < -0.3 is 5.11 Å². The van der Waals surface area contributed by atoms with Crippen LogP contribution in [0.4, 0.5) is 0 Å². The lowest BCUT2D eigenvalue weighted by Crippen LogP contribution is -2.33. The molecular weight excluding hydrogens is 212 g/mol. The van der Waals surface area contributed by atoms with Crippen LogP contribution in [0.2, 0.25) is 0 Å². The maximum Gasteiger partial charge on any atom is 0.311 e. The summed E-state index contributed by atoms with van der Waals surface area (Å²) in [7, 11) is 0. The summed E-state index contributed by atoms with van der Waals surface area (Å²) < 4.78 is 0. The van der Waals surface area contributed by atoms with Crippen molar-refractivity contribution in [1.82, 2.24) is 0 Å². The fourth-order valence-corrected chi connectivity index (χ4v) is 3.90. The minimum absolute atomic E-state index is 0.0216. The fraction of sp³-hybridized carbons (Fsp3) is 0.533. The fourth-order valence-electron chi connectivity index (χ4n) is 3.90. The summed E-state index contributed by atoms with van der Waals surface area (Å²) in [5.41, 5.74) is 2.36. The Hall–Kier alpha value is -1.31. The van der Waals surface area contributed by atoms with Gasteiger partial charge in [0.1, 0.15) is 0 Å². The van der Waals surface area contributed by atoms with Gasteiger partial charge in [-0.1, -0.05) is 43.5 Å². The first-order valence-corrected chi connectivity index (χ1v) is 6.54. The van der Waals surface area contributed by atoms with Gasteiger partial charge in [0.15, 0.2) is 0 Å². The van der Waals surface area contributed by atoms with E-state index >= 15 is 0 Å². The van der Waals surface area contributed by atoms with Crippen molar-refractivity contribution < 1.29 is 9.90 Å². The van der Waals surface area contributed by atoms with Crippen LogP contribution in [0.5, 0.6) is 0 Å². The van der Waals surface area contributed by atoms with E-state index < -0.39 is 5.97 Å². The molecule has 1 atom stereocenters. The molecule has 2 aliphatic rings. The van der Waals surface area contributed by atoms with Crippen LogP contribution in [-0.4, -0.2) is 11.1 Å². The first-order chi connectivity index (χ1) is 8.23. The highest BCUT2D eigenvalue weighted by molar-refractivity contribution is 5.79. The number of hydrogen-bond acceptors (Lipinski definition) is 1. The van der Waals surface area contributed by atoms with Crippen LogP contribution in [-0.2, 0) is 11.2 Å². The average molecular weight is 230 g/mol. The second kappa shape index (κ2) is 3.86. The van der Waals surface area contributed by atoms with Gasteiger partial charge in [-0.15, -0.1) is 0 Å². The first-order valence-electron chi connectivity index (χ1n) is 6.54. The molecule has 0 heterocycles. The van der Waals surface area contributed by atoms with Crippen LogP contribution in [0.1, 0.15) is 49.1 Å². The topological polar surface area (TPSA) is 37.3 Å². The number of carboxylic acid groups (broad SMARTS) is 1. The number of carboxylic acids is 1. The Bertz CT molecular complexity index is 444. The Labute approximate surface area is 102 Å². The Balaban J connectivity index is 2.06. The van der Waals surface area contributed by atoms with Crippen LogP contribution >= 0.6 is 0 Å². The van der Waals surface area contributed by atoms with Gasteiger partial charge in [0, 0.05) is 0 Å². The Morgan fingerprint density at radius 3 is 2.59 bits per heavy atom. The minimum atomic E-state index is -0.628. The highest BCUT2D eigenvalue weighted by atomic mass is 16.4. The van der Waals surface area contributed by atoms with E-state index in [2.05, 4.69) is 6.07 Å². The third-order valence-corrected chi connectivity index (χ3v) is 4.62. The molecule has 1 unspecified atom stereocenters. The molecule has 0 saturated heterocycles. The minimum Gasteiger partial charge on any atom is -0.481 e. The largest absolute Gasteiger partial charge is 0.481 e. The summed E-state index contributed by atoms with van der Waals surface area (Å²) in [5, 5.41) is 9.58. The molecule has 90 valence electrons. The van der Waals surface area contributed by atoms with Crippen molar-refractivity contribution in [3.8, 4) is 0 Å². The number of aliphatic carboxylic acids is 1. The number of benzene rings is 1. The first kappa shape index (κ1) is 10.8. The number of rotatable bonds is 1. The third kappa shape index (κ3) is 1.58. The zero-order valence-electron chi connectivity index (χ0n) is 9.98. The lowest BCUT2D eigenvalue weighted by molar-refractivity contribution is -0.142. The summed E-state index contributed by atoms with van der Waals surface area (Å²) in [6, 6.07) is 8.11. The third-order valence-electron chi connectivity index (χ3n) is 4.62. The molecule has 0 radical (unpaired) electrons. The summed E-state index contributed by atoms with van der Waals surface area (Å²) >= 11 is 0. The van der Waals surface area contributed by atoms with Gasteiger partial charge >= 0.3 is 5.97 Å². The van der Waals surface area contributed by atoms with Crippen molar-refractivity contribution in [2.75, 3.05) is 0 Å². The van der Waals surface area contributed by atoms with E-state index in [1.807, 2.05) is 18.2 Å². The molecule has 2 aliphatic carbocycles. The Kier molecular flexibility index (Phi) is 2.46. The number of carbonyl (C=O) groups is 1. The van der Waals surface area contributed by atoms with Crippen molar-refractivity contribution >= 4 is 5.97 Å². The molecule has 1 N–H and O–H groups in total. The van der Waals surface area contributed by atoms with Crippen LogP contribution in [0.25, 0.3) is 0 Å².